The summed E-state index contributed by atoms with van der Waals surface area (Å²) in [6, 6.07) is 6.24. The van der Waals surface area contributed by atoms with Crippen LogP contribution in [-0.2, 0) is 17.9 Å². The Morgan fingerprint density at radius 3 is 2.48 bits per heavy atom. The highest BCUT2D eigenvalue weighted by molar-refractivity contribution is 6.06. The second-order valence-electron chi connectivity index (χ2n) is 15.6. The fourth-order valence-corrected chi connectivity index (χ4v) is 8.46. The average Bonchev–Trinajstić information content (AvgIpc) is 3.84. The lowest BCUT2D eigenvalue weighted by atomic mass is 9.92. The van der Waals surface area contributed by atoms with Gasteiger partial charge in [-0.25, -0.2) is 22.4 Å². The Balaban J connectivity index is 0.000000762. The number of carbonyl (C=O) groups excluding carboxylic acids is 1. The van der Waals surface area contributed by atoms with E-state index in [-0.39, 0.29) is 87.6 Å². The predicted molar refractivity (Wildman–Crippen MR) is 211 cm³/mol. The molecule has 3 aliphatic heterocycles. The first-order chi connectivity index (χ1) is 29.3. The largest absolute Gasteiger partial charge is 0.508 e. The molecule has 0 aliphatic carbocycles. The number of aromatic nitrogens is 4. The molecule has 2 fully saturated rings. The Morgan fingerprint density at radius 2 is 1.81 bits per heavy atom. The zero-order valence-electron chi connectivity index (χ0n) is 33.5. The average molecular weight is 872 g/mol. The van der Waals surface area contributed by atoms with E-state index >= 15 is 13.2 Å². The number of carboxylic acid groups (broad SMARTS) is 1. The minimum Gasteiger partial charge on any atom is -0.508 e. The second-order valence-corrected chi connectivity index (χ2v) is 15.6. The van der Waals surface area contributed by atoms with Crippen molar-refractivity contribution in [2.75, 3.05) is 38.3 Å². The molecule has 0 spiro atoms. The summed E-state index contributed by atoms with van der Waals surface area (Å²) in [6.45, 7) is 5.70. The van der Waals surface area contributed by atoms with Crippen molar-refractivity contribution in [2.24, 2.45) is 0 Å². The fraction of sp³-hybridized carbons (Fsp3) is 0.405. The van der Waals surface area contributed by atoms with E-state index < -0.39 is 52.6 Å². The smallest absolute Gasteiger partial charge is 0.490 e. The van der Waals surface area contributed by atoms with Gasteiger partial charge in [-0.05, 0) is 69.3 Å². The SMILES string of the molecule is C#Cc1c(F)ccc2cc(O)cc(-c3c(F)c(OC)c4c(N5CCCn6nc(C(=O)NC(C)C)cc6C5)nc(OC[C@@]56CCCN5C[C@H](F)C6)nc4c3F)c12.O=C(O)C(F)(F)F. The van der Waals surface area contributed by atoms with Crippen LogP contribution in [0.4, 0.5) is 36.6 Å². The van der Waals surface area contributed by atoms with Gasteiger partial charge in [-0.15, -0.1) is 6.42 Å². The number of amides is 1. The highest BCUT2D eigenvalue weighted by atomic mass is 19.4. The first kappa shape index (κ1) is 43.7. The molecule has 3 aromatic carbocycles. The third-order valence-corrected chi connectivity index (χ3v) is 11.1. The number of phenols is 1. The molecule has 62 heavy (non-hydrogen) atoms. The number of nitrogens with zero attached hydrogens (tertiary/aromatic N) is 6. The number of hydrogen-bond acceptors (Lipinski definition) is 10. The van der Waals surface area contributed by atoms with Gasteiger partial charge in [0.1, 0.15) is 35.7 Å². The molecule has 8 rings (SSSR count). The number of ether oxygens (including phenoxy) is 2. The zero-order valence-corrected chi connectivity index (χ0v) is 33.5. The molecule has 1 amide bonds. The van der Waals surface area contributed by atoms with Crippen molar-refractivity contribution in [3.05, 3.63) is 64.7 Å². The van der Waals surface area contributed by atoms with Gasteiger partial charge in [-0.1, -0.05) is 12.0 Å². The maximum Gasteiger partial charge on any atom is 0.490 e. The van der Waals surface area contributed by atoms with E-state index in [9.17, 15) is 27.5 Å². The van der Waals surface area contributed by atoms with Crippen molar-refractivity contribution in [1.29, 1.82) is 0 Å². The number of aromatic hydroxyl groups is 1. The van der Waals surface area contributed by atoms with E-state index in [1.165, 1.54) is 19.2 Å². The molecule has 328 valence electrons. The Kier molecular flexibility index (Phi) is 11.9. The molecule has 3 N–H and O–H groups in total. The molecule has 0 unspecified atom stereocenters. The third-order valence-electron chi connectivity index (χ3n) is 11.1. The zero-order chi connectivity index (χ0) is 44.8. The first-order valence-electron chi connectivity index (χ1n) is 19.5. The Labute approximate surface area is 349 Å². The van der Waals surface area contributed by atoms with Crippen LogP contribution in [0.15, 0.2) is 30.3 Å². The molecule has 0 radical (unpaired) electrons. The summed E-state index contributed by atoms with van der Waals surface area (Å²) in [4.78, 5) is 34.9. The van der Waals surface area contributed by atoms with Crippen LogP contribution in [0.1, 0.15) is 61.3 Å². The van der Waals surface area contributed by atoms with Gasteiger partial charge in [0.05, 0.1) is 41.4 Å². The molecule has 2 saturated heterocycles. The lowest BCUT2D eigenvalue weighted by Crippen LogP contribution is -2.43. The fourth-order valence-electron chi connectivity index (χ4n) is 8.46. The maximum absolute atomic E-state index is 17.4. The van der Waals surface area contributed by atoms with Crippen LogP contribution in [-0.4, -0.2) is 104 Å². The molecule has 2 atom stereocenters. The van der Waals surface area contributed by atoms with E-state index in [0.717, 1.165) is 25.1 Å². The van der Waals surface area contributed by atoms with Gasteiger partial charge in [0, 0.05) is 43.0 Å². The number of aliphatic carboxylic acids is 1. The van der Waals surface area contributed by atoms with Gasteiger partial charge in [0.25, 0.3) is 5.91 Å². The summed E-state index contributed by atoms with van der Waals surface area (Å²) in [5.74, 6) is -4.56. The lowest BCUT2D eigenvalue weighted by molar-refractivity contribution is -0.192. The van der Waals surface area contributed by atoms with Gasteiger partial charge in [-0.2, -0.15) is 28.2 Å². The van der Waals surface area contributed by atoms with E-state index in [1.54, 1.807) is 15.6 Å². The van der Waals surface area contributed by atoms with Gasteiger partial charge < -0.3 is 29.9 Å². The van der Waals surface area contributed by atoms with Crippen LogP contribution in [0.2, 0.25) is 0 Å². The van der Waals surface area contributed by atoms with Crippen LogP contribution in [0.25, 0.3) is 32.8 Å². The number of phenolic OH excluding ortho intramolecular Hbond substituents is 1. The number of carboxylic acids is 1. The minimum atomic E-state index is -5.08. The van der Waals surface area contributed by atoms with Gasteiger partial charge in [0.2, 0.25) is 0 Å². The number of terminal acetylenes is 1. The quantitative estimate of drug-likeness (QED) is 0.110. The highest BCUT2D eigenvalue weighted by Gasteiger charge is 2.49. The summed E-state index contributed by atoms with van der Waals surface area (Å²) >= 11 is 0. The van der Waals surface area contributed by atoms with E-state index in [2.05, 4.69) is 26.2 Å². The van der Waals surface area contributed by atoms with Crippen molar-refractivity contribution < 1.29 is 60.0 Å². The Morgan fingerprint density at radius 1 is 1.06 bits per heavy atom. The van der Waals surface area contributed by atoms with Crippen LogP contribution in [0.3, 0.4) is 0 Å². The Hall–Kier alpha value is -6.36. The highest BCUT2D eigenvalue weighted by Crippen LogP contribution is 2.47. The summed E-state index contributed by atoms with van der Waals surface area (Å²) in [6.07, 6.45) is 1.96. The molecular weight excluding hydrogens is 831 g/mol. The van der Waals surface area contributed by atoms with Crippen molar-refractivity contribution in [3.63, 3.8) is 0 Å². The standard InChI is InChI=1S/C40H39F4N7O4.C2HF3O2/c1-5-26-28(42)9-8-22-14-25(52)16-27(30(22)26)31-33(43)35-32(36(54-4)34(31)44)37(47-39(46-35)55-20-40-10-6-12-50(40)18-23(41)17-40)49-11-7-13-51-24(19-49)15-29(48-51)38(53)45-21(2)3;3-2(4,5)1(6)7/h1,8-9,14-16,21,23,52H,6-7,10-13,17-20H2,2-4H3,(H,45,53);(H,6,7)/t23-,40+;/m1./s1. The number of halogens is 7. The van der Waals surface area contributed by atoms with Crippen molar-refractivity contribution >= 4 is 39.4 Å². The van der Waals surface area contributed by atoms with Gasteiger partial charge in [0.15, 0.2) is 23.1 Å². The molecule has 5 aromatic rings. The number of anilines is 1. The van der Waals surface area contributed by atoms with Crippen LogP contribution in [0, 0.1) is 29.8 Å². The Bertz CT molecular complexity index is 2630. The van der Waals surface area contributed by atoms with Gasteiger partial charge in [-0.3, -0.25) is 14.4 Å². The van der Waals surface area contributed by atoms with Crippen molar-refractivity contribution in [3.8, 4) is 41.0 Å². The van der Waals surface area contributed by atoms with Crippen LogP contribution < -0.4 is 19.7 Å². The molecule has 20 heteroatoms. The second kappa shape index (κ2) is 16.8. The number of hydrogen-bond donors (Lipinski definition) is 3. The number of methoxy groups -OCH3 is 1. The summed E-state index contributed by atoms with van der Waals surface area (Å²) in [7, 11) is 1.22. The normalized spacial score (nSPS) is 18.8. The van der Waals surface area contributed by atoms with E-state index in [4.69, 9.17) is 30.8 Å². The molecule has 3 aliphatic rings. The number of fused-ring (bicyclic) bond motifs is 4. The molecule has 0 bridgehead atoms. The molecule has 5 heterocycles. The lowest BCUT2D eigenvalue weighted by Gasteiger charge is -2.31. The van der Waals surface area contributed by atoms with Gasteiger partial charge >= 0.3 is 18.2 Å². The first-order valence-corrected chi connectivity index (χ1v) is 19.5. The number of rotatable bonds is 8. The van der Waals surface area contributed by atoms with Crippen molar-refractivity contribution in [1.82, 2.24) is 30.0 Å². The number of aryl methyl sites for hydroxylation is 1. The molecule has 13 nitrogen and oxygen atoms in total. The number of benzene rings is 3. The number of carbonyl (C=O) groups is 2. The van der Waals surface area contributed by atoms with E-state index in [1.807, 2.05) is 13.8 Å². The van der Waals surface area contributed by atoms with Crippen LogP contribution in [0.5, 0.6) is 17.5 Å². The number of alkyl halides is 4. The number of nitrogens with one attached hydrogen (secondary N) is 1. The predicted octanol–water partition coefficient (Wildman–Crippen LogP) is 6.90. The van der Waals surface area contributed by atoms with Crippen LogP contribution >= 0.6 is 0 Å². The third kappa shape index (κ3) is 8.20. The summed E-state index contributed by atoms with van der Waals surface area (Å²) in [5.41, 5.74) is -1.18. The monoisotopic (exact) mass is 871 g/mol. The van der Waals surface area contributed by atoms with Crippen molar-refractivity contribution in [2.45, 2.75) is 76.5 Å². The topological polar surface area (TPSA) is 155 Å². The summed E-state index contributed by atoms with van der Waals surface area (Å²) in [5, 5.41) is 25.3. The summed E-state index contributed by atoms with van der Waals surface area (Å²) < 4.78 is 110. The molecule has 0 saturated carbocycles. The minimum absolute atomic E-state index is 0.00535. The van der Waals surface area contributed by atoms with E-state index in [0.29, 0.717) is 38.2 Å². The molecular formula is C42H40F7N7O6. The molecule has 2 aromatic heterocycles. The maximum atomic E-state index is 17.4.